The number of hydrogen-bond acceptors (Lipinski definition) is 4. The summed E-state index contributed by atoms with van der Waals surface area (Å²) in [5.41, 5.74) is 5.43. The van der Waals surface area contributed by atoms with Gasteiger partial charge in [0.1, 0.15) is 11.5 Å². The SMILES string of the molecule is COc1ccc(C=NNC(=O)COc2ccc(Cl)cc2)c(C)c1C. The fourth-order valence-electron chi connectivity index (χ4n) is 2.06. The first-order chi connectivity index (χ1) is 11.5. The lowest BCUT2D eigenvalue weighted by atomic mass is 10.0. The molecule has 2 aromatic carbocycles. The fourth-order valence-corrected chi connectivity index (χ4v) is 2.19. The first kappa shape index (κ1) is 17.8. The van der Waals surface area contributed by atoms with E-state index in [2.05, 4.69) is 10.5 Å². The number of ether oxygens (including phenoxy) is 2. The molecular formula is C18H19ClN2O3. The Morgan fingerprint density at radius 2 is 1.88 bits per heavy atom. The van der Waals surface area contributed by atoms with Crippen LogP contribution < -0.4 is 14.9 Å². The topological polar surface area (TPSA) is 59.9 Å². The molecule has 2 aromatic rings. The van der Waals surface area contributed by atoms with Crippen LogP contribution in [0.1, 0.15) is 16.7 Å². The van der Waals surface area contributed by atoms with Gasteiger partial charge in [-0.05, 0) is 66.9 Å². The van der Waals surface area contributed by atoms with Crippen LogP contribution in [0, 0.1) is 13.8 Å². The van der Waals surface area contributed by atoms with Crippen LogP contribution in [0.25, 0.3) is 0 Å². The van der Waals surface area contributed by atoms with Gasteiger partial charge in [0.15, 0.2) is 6.61 Å². The van der Waals surface area contributed by atoms with Gasteiger partial charge in [0.05, 0.1) is 13.3 Å². The Bertz CT molecular complexity index is 743. The fraction of sp³-hybridized carbons (Fsp3) is 0.222. The number of amides is 1. The third-order valence-corrected chi connectivity index (χ3v) is 3.83. The summed E-state index contributed by atoms with van der Waals surface area (Å²) >= 11 is 5.78. The van der Waals surface area contributed by atoms with Crippen molar-refractivity contribution >= 4 is 23.7 Å². The zero-order valence-corrected chi connectivity index (χ0v) is 14.6. The molecule has 0 heterocycles. The average Bonchev–Trinajstić information content (AvgIpc) is 2.58. The number of nitrogens with one attached hydrogen (secondary N) is 1. The van der Waals surface area contributed by atoms with Gasteiger partial charge < -0.3 is 9.47 Å². The van der Waals surface area contributed by atoms with Gasteiger partial charge in [0, 0.05) is 5.02 Å². The molecule has 0 spiro atoms. The van der Waals surface area contributed by atoms with E-state index in [1.165, 1.54) is 0 Å². The normalized spacial score (nSPS) is 10.7. The van der Waals surface area contributed by atoms with Gasteiger partial charge in [-0.1, -0.05) is 11.6 Å². The third-order valence-electron chi connectivity index (χ3n) is 3.58. The van der Waals surface area contributed by atoms with E-state index in [1.54, 1.807) is 37.6 Å². The molecule has 5 nitrogen and oxygen atoms in total. The van der Waals surface area contributed by atoms with Crippen molar-refractivity contribution in [2.45, 2.75) is 13.8 Å². The molecule has 0 radical (unpaired) electrons. The number of carbonyl (C=O) groups is 1. The molecule has 0 bridgehead atoms. The van der Waals surface area contributed by atoms with E-state index in [9.17, 15) is 4.79 Å². The lowest BCUT2D eigenvalue weighted by molar-refractivity contribution is -0.123. The molecule has 1 N–H and O–H groups in total. The summed E-state index contributed by atoms with van der Waals surface area (Å²) in [7, 11) is 1.64. The Morgan fingerprint density at radius 3 is 2.54 bits per heavy atom. The van der Waals surface area contributed by atoms with Crippen LogP contribution in [0.15, 0.2) is 41.5 Å². The highest BCUT2D eigenvalue weighted by Gasteiger charge is 2.05. The van der Waals surface area contributed by atoms with Crippen molar-refractivity contribution in [3.8, 4) is 11.5 Å². The molecule has 0 saturated carbocycles. The van der Waals surface area contributed by atoms with Crippen LogP contribution in [0.5, 0.6) is 11.5 Å². The van der Waals surface area contributed by atoms with Crippen molar-refractivity contribution in [2.24, 2.45) is 5.10 Å². The Morgan fingerprint density at radius 1 is 1.17 bits per heavy atom. The molecule has 0 fully saturated rings. The molecule has 1 amide bonds. The second-order valence-corrected chi connectivity index (χ2v) is 5.58. The smallest absolute Gasteiger partial charge is 0.277 e. The van der Waals surface area contributed by atoms with Crippen LogP contribution in [0.3, 0.4) is 0 Å². The van der Waals surface area contributed by atoms with Crippen LogP contribution in [0.2, 0.25) is 5.02 Å². The molecule has 0 saturated heterocycles. The number of carbonyl (C=O) groups excluding carboxylic acids is 1. The minimum Gasteiger partial charge on any atom is -0.496 e. The zero-order chi connectivity index (χ0) is 17.5. The predicted molar refractivity (Wildman–Crippen MR) is 95.2 cm³/mol. The van der Waals surface area contributed by atoms with Crippen LogP contribution in [-0.4, -0.2) is 25.8 Å². The predicted octanol–water partition coefficient (Wildman–Crippen LogP) is 3.49. The maximum Gasteiger partial charge on any atom is 0.277 e. The number of hydrogen-bond donors (Lipinski definition) is 1. The van der Waals surface area contributed by atoms with Crippen molar-refractivity contribution in [2.75, 3.05) is 13.7 Å². The van der Waals surface area contributed by atoms with E-state index in [1.807, 2.05) is 26.0 Å². The van der Waals surface area contributed by atoms with Crippen LogP contribution in [0.4, 0.5) is 0 Å². The second kappa shape index (κ2) is 8.36. The Balaban J connectivity index is 1.88. The van der Waals surface area contributed by atoms with E-state index in [0.29, 0.717) is 10.8 Å². The molecule has 2 rings (SSSR count). The molecule has 0 aliphatic rings. The number of rotatable bonds is 6. The van der Waals surface area contributed by atoms with Crippen molar-refractivity contribution in [1.82, 2.24) is 5.43 Å². The van der Waals surface area contributed by atoms with Gasteiger partial charge in [-0.25, -0.2) is 5.43 Å². The van der Waals surface area contributed by atoms with Gasteiger partial charge in [-0.2, -0.15) is 5.10 Å². The maximum atomic E-state index is 11.7. The van der Waals surface area contributed by atoms with E-state index < -0.39 is 0 Å². The molecule has 0 aromatic heterocycles. The molecule has 6 heteroatoms. The van der Waals surface area contributed by atoms with Crippen molar-refractivity contribution in [1.29, 1.82) is 0 Å². The van der Waals surface area contributed by atoms with Crippen LogP contribution >= 0.6 is 11.6 Å². The first-order valence-electron chi connectivity index (χ1n) is 7.35. The number of benzene rings is 2. The largest absolute Gasteiger partial charge is 0.496 e. The molecular weight excluding hydrogens is 328 g/mol. The summed E-state index contributed by atoms with van der Waals surface area (Å²) in [6, 6.07) is 10.5. The van der Waals surface area contributed by atoms with Gasteiger partial charge in [0.25, 0.3) is 5.91 Å². The summed E-state index contributed by atoms with van der Waals surface area (Å²) in [4.78, 5) is 11.7. The number of methoxy groups -OCH3 is 1. The van der Waals surface area contributed by atoms with Gasteiger partial charge >= 0.3 is 0 Å². The molecule has 0 atom stereocenters. The quantitative estimate of drug-likeness (QED) is 0.643. The zero-order valence-electron chi connectivity index (χ0n) is 13.8. The summed E-state index contributed by atoms with van der Waals surface area (Å²) < 4.78 is 10.6. The first-order valence-corrected chi connectivity index (χ1v) is 7.73. The highest BCUT2D eigenvalue weighted by atomic mass is 35.5. The van der Waals surface area contributed by atoms with E-state index in [4.69, 9.17) is 21.1 Å². The van der Waals surface area contributed by atoms with E-state index >= 15 is 0 Å². The van der Waals surface area contributed by atoms with Crippen molar-refractivity contribution in [3.05, 3.63) is 58.1 Å². The molecule has 0 unspecified atom stereocenters. The average molecular weight is 347 g/mol. The van der Waals surface area contributed by atoms with Gasteiger partial charge in [-0.15, -0.1) is 0 Å². The van der Waals surface area contributed by atoms with Crippen LogP contribution in [-0.2, 0) is 4.79 Å². The number of halogens is 1. The minimum absolute atomic E-state index is 0.125. The Labute approximate surface area is 146 Å². The van der Waals surface area contributed by atoms with Gasteiger partial charge in [-0.3, -0.25) is 4.79 Å². The maximum absolute atomic E-state index is 11.7. The number of nitrogens with zero attached hydrogens (tertiary/aromatic N) is 1. The minimum atomic E-state index is -0.343. The van der Waals surface area contributed by atoms with E-state index in [0.717, 1.165) is 22.4 Å². The lowest BCUT2D eigenvalue weighted by Crippen LogP contribution is -2.24. The highest BCUT2D eigenvalue weighted by Crippen LogP contribution is 2.22. The summed E-state index contributed by atoms with van der Waals surface area (Å²) in [6.07, 6.45) is 1.60. The van der Waals surface area contributed by atoms with Crippen molar-refractivity contribution < 1.29 is 14.3 Å². The summed E-state index contributed by atoms with van der Waals surface area (Å²) in [5.74, 6) is 1.05. The van der Waals surface area contributed by atoms with Crippen molar-refractivity contribution in [3.63, 3.8) is 0 Å². The molecule has 0 aliphatic carbocycles. The Hall–Kier alpha value is -2.53. The summed E-state index contributed by atoms with van der Waals surface area (Å²) in [5, 5.41) is 4.57. The van der Waals surface area contributed by atoms with E-state index in [-0.39, 0.29) is 12.5 Å². The summed E-state index contributed by atoms with van der Waals surface area (Å²) in [6.45, 7) is 3.83. The lowest BCUT2D eigenvalue weighted by Gasteiger charge is -2.09. The monoisotopic (exact) mass is 346 g/mol. The molecule has 126 valence electrons. The molecule has 24 heavy (non-hydrogen) atoms. The second-order valence-electron chi connectivity index (χ2n) is 5.14. The molecule has 0 aliphatic heterocycles. The van der Waals surface area contributed by atoms with Gasteiger partial charge in [0.2, 0.25) is 0 Å². The third kappa shape index (κ3) is 4.73. The Kier molecular flexibility index (Phi) is 6.21. The number of hydrazone groups is 1. The standard InChI is InChI=1S/C18H19ClN2O3/c1-12-13(2)17(23-3)9-4-14(12)10-20-21-18(22)11-24-16-7-5-15(19)6-8-16/h4-10H,11H2,1-3H3,(H,21,22). The highest BCUT2D eigenvalue weighted by molar-refractivity contribution is 6.30.